The Morgan fingerprint density at radius 3 is 2.30 bits per heavy atom. The first-order valence-electron chi connectivity index (χ1n) is 7.29. The van der Waals surface area contributed by atoms with E-state index in [9.17, 15) is 9.90 Å². The third kappa shape index (κ3) is 3.51. The fourth-order valence-corrected chi connectivity index (χ4v) is 2.99. The Balaban J connectivity index is 1.86. The van der Waals surface area contributed by atoms with Gasteiger partial charge in [0.15, 0.2) is 0 Å². The molecule has 4 nitrogen and oxygen atoms in total. The molecular formula is C16H24N2O2. The minimum Gasteiger partial charge on any atom is -0.507 e. The quantitative estimate of drug-likeness (QED) is 0.788. The van der Waals surface area contributed by atoms with Crippen molar-refractivity contribution in [2.45, 2.75) is 52.1 Å². The molecule has 1 saturated carbocycles. The van der Waals surface area contributed by atoms with Gasteiger partial charge in [0.1, 0.15) is 5.75 Å². The number of phenolic OH excluding ortho intramolecular Hbond substituents is 1. The lowest BCUT2D eigenvalue weighted by molar-refractivity contribution is -0.122. The SMILES string of the molecule is Cc1cc(CNC2CCC(C(N)=O)CC2)cc(C)c1O. The second-order valence-electron chi connectivity index (χ2n) is 5.91. The highest BCUT2D eigenvalue weighted by Crippen LogP contribution is 2.25. The summed E-state index contributed by atoms with van der Waals surface area (Å²) in [6.07, 6.45) is 3.79. The fourth-order valence-electron chi connectivity index (χ4n) is 2.99. The number of carbonyl (C=O) groups excluding carboxylic acids is 1. The van der Waals surface area contributed by atoms with Crippen molar-refractivity contribution in [3.05, 3.63) is 28.8 Å². The van der Waals surface area contributed by atoms with Gasteiger partial charge in [0.05, 0.1) is 0 Å². The molecule has 0 saturated heterocycles. The number of amides is 1. The van der Waals surface area contributed by atoms with E-state index in [0.29, 0.717) is 11.8 Å². The van der Waals surface area contributed by atoms with Gasteiger partial charge in [-0.15, -0.1) is 0 Å². The summed E-state index contributed by atoms with van der Waals surface area (Å²) in [5.74, 6) is 0.287. The van der Waals surface area contributed by atoms with Crippen molar-refractivity contribution in [2.75, 3.05) is 0 Å². The van der Waals surface area contributed by atoms with E-state index >= 15 is 0 Å². The number of rotatable bonds is 4. The van der Waals surface area contributed by atoms with Crippen molar-refractivity contribution >= 4 is 5.91 Å². The van der Waals surface area contributed by atoms with Crippen molar-refractivity contribution in [1.29, 1.82) is 0 Å². The van der Waals surface area contributed by atoms with E-state index in [-0.39, 0.29) is 11.8 Å². The van der Waals surface area contributed by atoms with E-state index < -0.39 is 0 Å². The molecule has 0 atom stereocenters. The average molecular weight is 276 g/mol. The van der Waals surface area contributed by atoms with E-state index in [1.54, 1.807) is 0 Å². The first kappa shape index (κ1) is 14.9. The molecule has 1 amide bonds. The van der Waals surface area contributed by atoms with E-state index in [4.69, 9.17) is 5.73 Å². The highest BCUT2D eigenvalue weighted by atomic mass is 16.3. The van der Waals surface area contributed by atoms with Crippen LogP contribution in [0.3, 0.4) is 0 Å². The van der Waals surface area contributed by atoms with Gasteiger partial charge < -0.3 is 16.2 Å². The number of aromatic hydroxyl groups is 1. The smallest absolute Gasteiger partial charge is 0.220 e. The molecule has 1 aromatic rings. The zero-order chi connectivity index (χ0) is 14.7. The number of carbonyl (C=O) groups is 1. The molecule has 20 heavy (non-hydrogen) atoms. The molecule has 0 unspecified atom stereocenters. The van der Waals surface area contributed by atoms with E-state index in [1.807, 2.05) is 26.0 Å². The van der Waals surface area contributed by atoms with Gasteiger partial charge in [-0.2, -0.15) is 0 Å². The predicted octanol–water partition coefficient (Wildman–Crippen LogP) is 2.14. The predicted molar refractivity (Wildman–Crippen MR) is 79.4 cm³/mol. The third-order valence-corrected chi connectivity index (χ3v) is 4.28. The van der Waals surface area contributed by atoms with E-state index in [1.165, 1.54) is 5.56 Å². The monoisotopic (exact) mass is 276 g/mol. The summed E-state index contributed by atoms with van der Waals surface area (Å²) in [7, 11) is 0. The van der Waals surface area contributed by atoms with Gasteiger partial charge in [-0.3, -0.25) is 4.79 Å². The largest absolute Gasteiger partial charge is 0.507 e. The maximum atomic E-state index is 11.1. The van der Waals surface area contributed by atoms with Crippen molar-refractivity contribution in [1.82, 2.24) is 5.32 Å². The van der Waals surface area contributed by atoms with Crippen LogP contribution < -0.4 is 11.1 Å². The highest BCUT2D eigenvalue weighted by Gasteiger charge is 2.24. The Labute approximate surface area is 120 Å². The van der Waals surface area contributed by atoms with Crippen LogP contribution in [0.25, 0.3) is 0 Å². The Morgan fingerprint density at radius 2 is 1.80 bits per heavy atom. The van der Waals surface area contributed by atoms with Crippen LogP contribution in [-0.2, 0) is 11.3 Å². The highest BCUT2D eigenvalue weighted by molar-refractivity contribution is 5.76. The summed E-state index contributed by atoms with van der Waals surface area (Å²) in [4.78, 5) is 11.1. The molecule has 1 aromatic carbocycles. The summed E-state index contributed by atoms with van der Waals surface area (Å²) < 4.78 is 0. The summed E-state index contributed by atoms with van der Waals surface area (Å²) in [5.41, 5.74) is 8.36. The second kappa shape index (κ2) is 6.27. The van der Waals surface area contributed by atoms with Crippen LogP contribution >= 0.6 is 0 Å². The first-order valence-corrected chi connectivity index (χ1v) is 7.29. The number of hydrogen-bond acceptors (Lipinski definition) is 3. The summed E-state index contributed by atoms with van der Waals surface area (Å²) >= 11 is 0. The van der Waals surface area contributed by atoms with Crippen LogP contribution in [0.15, 0.2) is 12.1 Å². The van der Waals surface area contributed by atoms with Crippen LogP contribution in [0, 0.1) is 19.8 Å². The minimum absolute atomic E-state index is 0.0613. The molecule has 1 aliphatic carbocycles. The van der Waals surface area contributed by atoms with Crippen molar-refractivity contribution in [3.8, 4) is 5.75 Å². The Morgan fingerprint density at radius 1 is 1.25 bits per heavy atom. The number of hydrogen-bond donors (Lipinski definition) is 3. The van der Waals surface area contributed by atoms with Crippen molar-refractivity contribution in [3.63, 3.8) is 0 Å². The molecule has 1 fully saturated rings. The molecule has 0 bridgehead atoms. The molecule has 4 heteroatoms. The number of nitrogens with two attached hydrogens (primary N) is 1. The van der Waals surface area contributed by atoms with Gasteiger partial charge in [-0.25, -0.2) is 0 Å². The van der Waals surface area contributed by atoms with Crippen LogP contribution in [-0.4, -0.2) is 17.1 Å². The van der Waals surface area contributed by atoms with Gasteiger partial charge in [-0.1, -0.05) is 12.1 Å². The van der Waals surface area contributed by atoms with Crippen LogP contribution in [0.5, 0.6) is 5.75 Å². The molecule has 110 valence electrons. The van der Waals surface area contributed by atoms with Gasteiger partial charge in [0.2, 0.25) is 5.91 Å². The van der Waals surface area contributed by atoms with Crippen molar-refractivity contribution in [2.24, 2.45) is 11.7 Å². The Bertz CT molecular complexity index is 468. The number of aryl methyl sites for hydroxylation is 2. The lowest BCUT2D eigenvalue weighted by Gasteiger charge is -2.27. The lowest BCUT2D eigenvalue weighted by Crippen LogP contribution is -2.36. The molecule has 0 aliphatic heterocycles. The van der Waals surface area contributed by atoms with Gasteiger partial charge in [0, 0.05) is 18.5 Å². The molecule has 2 rings (SSSR count). The molecule has 0 radical (unpaired) electrons. The molecule has 1 aliphatic rings. The van der Waals surface area contributed by atoms with Crippen LogP contribution in [0.2, 0.25) is 0 Å². The minimum atomic E-state index is -0.159. The number of primary amides is 1. The van der Waals surface area contributed by atoms with E-state index in [0.717, 1.165) is 43.4 Å². The number of phenols is 1. The lowest BCUT2D eigenvalue weighted by atomic mass is 9.85. The second-order valence-corrected chi connectivity index (χ2v) is 5.91. The molecule has 0 heterocycles. The maximum absolute atomic E-state index is 11.1. The molecular weight excluding hydrogens is 252 g/mol. The number of nitrogens with one attached hydrogen (secondary N) is 1. The normalized spacial score (nSPS) is 22.7. The Hall–Kier alpha value is -1.55. The van der Waals surface area contributed by atoms with Gasteiger partial charge >= 0.3 is 0 Å². The summed E-state index contributed by atoms with van der Waals surface area (Å²) in [6, 6.07) is 4.49. The number of benzene rings is 1. The van der Waals surface area contributed by atoms with Gasteiger partial charge in [-0.05, 0) is 56.2 Å². The van der Waals surface area contributed by atoms with E-state index in [2.05, 4.69) is 5.32 Å². The van der Waals surface area contributed by atoms with Gasteiger partial charge in [0.25, 0.3) is 0 Å². The maximum Gasteiger partial charge on any atom is 0.220 e. The summed E-state index contributed by atoms with van der Waals surface area (Å²) in [6.45, 7) is 4.64. The standard InChI is InChI=1S/C16H24N2O2/c1-10-7-12(8-11(2)15(10)19)9-18-14-5-3-13(4-6-14)16(17)20/h7-8,13-14,18-19H,3-6,9H2,1-2H3,(H2,17,20). The Kier molecular flexibility index (Phi) is 4.65. The van der Waals surface area contributed by atoms with Crippen LogP contribution in [0.4, 0.5) is 0 Å². The van der Waals surface area contributed by atoms with Crippen LogP contribution in [0.1, 0.15) is 42.4 Å². The third-order valence-electron chi connectivity index (χ3n) is 4.28. The summed E-state index contributed by atoms with van der Waals surface area (Å²) in [5, 5.41) is 13.3. The van der Waals surface area contributed by atoms with Crippen molar-refractivity contribution < 1.29 is 9.90 Å². The fraction of sp³-hybridized carbons (Fsp3) is 0.562. The zero-order valence-corrected chi connectivity index (χ0v) is 12.3. The zero-order valence-electron chi connectivity index (χ0n) is 12.3. The first-order chi connectivity index (χ1) is 9.47. The molecule has 0 aromatic heterocycles. The molecule has 0 spiro atoms. The topological polar surface area (TPSA) is 75.3 Å². The molecule has 4 N–H and O–H groups in total. The average Bonchev–Trinajstić information content (AvgIpc) is 2.42.